The Bertz CT molecular complexity index is 848. The smallest absolute Gasteiger partial charge is 0.255 e. The van der Waals surface area contributed by atoms with E-state index < -0.39 is 0 Å². The summed E-state index contributed by atoms with van der Waals surface area (Å²) in [7, 11) is 0. The Kier molecular flexibility index (Phi) is 7.15. The van der Waals surface area contributed by atoms with Crippen molar-refractivity contribution in [3.63, 3.8) is 0 Å². The molecular weight excluding hydrogens is 386 g/mol. The first kappa shape index (κ1) is 21.2. The highest BCUT2D eigenvalue weighted by molar-refractivity contribution is 6.31. The molecule has 1 aliphatic heterocycles. The predicted octanol–water partition coefficient (Wildman–Crippen LogP) is 4.82. The number of rotatable bonds is 6. The molecule has 1 N–H and O–H groups in total. The molecule has 0 aromatic heterocycles. The number of likely N-dealkylation sites (tertiary alicyclic amines) is 1. The molecule has 6 heteroatoms. The van der Waals surface area contributed by atoms with Crippen molar-refractivity contribution in [1.29, 1.82) is 0 Å². The maximum Gasteiger partial charge on any atom is 0.255 e. The molecule has 1 heterocycles. The Labute approximate surface area is 177 Å². The summed E-state index contributed by atoms with van der Waals surface area (Å²) >= 11 is 6.17. The van der Waals surface area contributed by atoms with Crippen LogP contribution in [0.25, 0.3) is 0 Å². The first-order valence-corrected chi connectivity index (χ1v) is 10.5. The highest BCUT2D eigenvalue weighted by Crippen LogP contribution is 2.24. The van der Waals surface area contributed by atoms with E-state index in [-0.39, 0.29) is 24.4 Å². The van der Waals surface area contributed by atoms with Gasteiger partial charge in [0.05, 0.1) is 12.1 Å². The normalized spacial score (nSPS) is 14.0. The molecule has 0 saturated carbocycles. The van der Waals surface area contributed by atoms with Crippen LogP contribution < -0.4 is 10.2 Å². The van der Waals surface area contributed by atoms with Gasteiger partial charge in [0.2, 0.25) is 5.91 Å². The van der Waals surface area contributed by atoms with E-state index in [2.05, 4.69) is 5.32 Å². The molecule has 0 bridgehead atoms. The largest absolute Gasteiger partial charge is 0.375 e. The van der Waals surface area contributed by atoms with Crippen LogP contribution in [0.4, 0.5) is 11.4 Å². The van der Waals surface area contributed by atoms with Crippen molar-refractivity contribution in [1.82, 2.24) is 4.90 Å². The molecule has 5 nitrogen and oxygen atoms in total. The van der Waals surface area contributed by atoms with Gasteiger partial charge < -0.3 is 15.1 Å². The number of nitrogens with zero attached hydrogens (tertiary/aromatic N) is 2. The highest BCUT2D eigenvalue weighted by atomic mass is 35.5. The van der Waals surface area contributed by atoms with Gasteiger partial charge in [0.1, 0.15) is 0 Å². The fourth-order valence-corrected chi connectivity index (χ4v) is 3.86. The third kappa shape index (κ3) is 5.30. The molecule has 154 valence electrons. The second-order valence-electron chi connectivity index (χ2n) is 7.59. The first-order valence-electron chi connectivity index (χ1n) is 10.2. The third-order valence-corrected chi connectivity index (χ3v) is 5.34. The number of amides is 2. The number of hydrogen-bond acceptors (Lipinski definition) is 3. The monoisotopic (exact) mass is 413 g/mol. The van der Waals surface area contributed by atoms with Crippen LogP contribution in [0.5, 0.6) is 0 Å². The molecule has 2 aromatic carbocycles. The van der Waals surface area contributed by atoms with Gasteiger partial charge >= 0.3 is 0 Å². The number of carbonyl (C=O) groups is 2. The number of hydrogen-bond donors (Lipinski definition) is 1. The summed E-state index contributed by atoms with van der Waals surface area (Å²) in [5.41, 5.74) is 2.00. The fourth-order valence-electron chi connectivity index (χ4n) is 3.69. The van der Waals surface area contributed by atoms with Gasteiger partial charge in [0.25, 0.3) is 5.91 Å². The molecule has 0 radical (unpaired) electrons. The van der Waals surface area contributed by atoms with E-state index in [9.17, 15) is 9.59 Å². The summed E-state index contributed by atoms with van der Waals surface area (Å²) in [4.78, 5) is 29.6. The topological polar surface area (TPSA) is 52.7 Å². The lowest BCUT2D eigenvalue weighted by Crippen LogP contribution is -2.41. The van der Waals surface area contributed by atoms with Crippen LogP contribution in [0.1, 0.15) is 43.5 Å². The molecule has 2 aromatic rings. The minimum atomic E-state index is -0.0671. The summed E-state index contributed by atoms with van der Waals surface area (Å²) in [6, 6.07) is 14.8. The lowest BCUT2D eigenvalue weighted by Gasteiger charge is -2.29. The zero-order valence-corrected chi connectivity index (χ0v) is 17.8. The van der Waals surface area contributed by atoms with E-state index in [0.717, 1.165) is 38.0 Å². The lowest BCUT2D eigenvalue weighted by molar-refractivity contribution is -0.117. The summed E-state index contributed by atoms with van der Waals surface area (Å²) in [6.45, 7) is 5.59. The summed E-state index contributed by atoms with van der Waals surface area (Å²) in [6.07, 6.45) is 3.22. The van der Waals surface area contributed by atoms with Crippen LogP contribution in [0.2, 0.25) is 5.02 Å². The zero-order chi connectivity index (χ0) is 20.8. The van der Waals surface area contributed by atoms with Crippen LogP contribution in [0, 0.1) is 0 Å². The van der Waals surface area contributed by atoms with Crippen molar-refractivity contribution < 1.29 is 9.59 Å². The predicted molar refractivity (Wildman–Crippen MR) is 119 cm³/mol. The van der Waals surface area contributed by atoms with Crippen molar-refractivity contribution in [3.8, 4) is 0 Å². The van der Waals surface area contributed by atoms with Gasteiger partial charge in [-0.1, -0.05) is 29.8 Å². The van der Waals surface area contributed by atoms with Crippen molar-refractivity contribution in [2.75, 3.05) is 29.9 Å². The number of anilines is 2. The SMILES string of the molecule is CC(C)N(C(=O)CNc1cc(Cl)ccc1C(=O)N1CCCCC1)c1ccccc1. The number of benzene rings is 2. The summed E-state index contributed by atoms with van der Waals surface area (Å²) in [5, 5.41) is 3.68. The van der Waals surface area contributed by atoms with Gasteiger partial charge in [-0.05, 0) is 63.4 Å². The highest BCUT2D eigenvalue weighted by Gasteiger charge is 2.23. The molecule has 0 unspecified atom stereocenters. The minimum absolute atomic E-state index is 0.0138. The molecule has 0 spiro atoms. The lowest BCUT2D eigenvalue weighted by atomic mass is 10.1. The maximum absolute atomic E-state index is 13.0. The summed E-state index contributed by atoms with van der Waals surface area (Å²) in [5.74, 6) is -0.0809. The minimum Gasteiger partial charge on any atom is -0.375 e. The van der Waals surface area contributed by atoms with Crippen LogP contribution in [0.15, 0.2) is 48.5 Å². The van der Waals surface area contributed by atoms with Gasteiger partial charge in [0.15, 0.2) is 0 Å². The molecule has 1 aliphatic rings. The quantitative estimate of drug-likeness (QED) is 0.738. The number of halogens is 1. The van der Waals surface area contributed by atoms with Gasteiger partial charge in [-0.3, -0.25) is 9.59 Å². The van der Waals surface area contributed by atoms with E-state index in [1.807, 2.05) is 49.1 Å². The molecule has 0 aliphatic carbocycles. The molecule has 0 atom stereocenters. The molecular formula is C23H28ClN3O2. The standard InChI is InChI=1S/C23H28ClN3O2/c1-17(2)27(19-9-5-3-6-10-19)22(28)16-25-21-15-18(24)11-12-20(21)23(29)26-13-7-4-8-14-26/h3,5-6,9-12,15,17,25H,4,7-8,13-14,16H2,1-2H3. The Balaban J connectivity index is 1.76. The maximum atomic E-state index is 13.0. The van der Waals surface area contributed by atoms with E-state index in [1.165, 1.54) is 0 Å². The third-order valence-electron chi connectivity index (χ3n) is 5.10. The molecule has 1 saturated heterocycles. The number of piperidine rings is 1. The Hall–Kier alpha value is -2.53. The first-order chi connectivity index (χ1) is 14.0. The van der Waals surface area contributed by atoms with Crippen LogP contribution in [0.3, 0.4) is 0 Å². The van der Waals surface area contributed by atoms with E-state index in [4.69, 9.17) is 11.6 Å². The average molecular weight is 414 g/mol. The van der Waals surface area contributed by atoms with Crippen molar-refractivity contribution in [2.45, 2.75) is 39.2 Å². The van der Waals surface area contributed by atoms with E-state index in [0.29, 0.717) is 16.3 Å². The number of nitrogens with one attached hydrogen (secondary N) is 1. The molecule has 1 fully saturated rings. The van der Waals surface area contributed by atoms with Crippen LogP contribution in [-0.2, 0) is 4.79 Å². The van der Waals surface area contributed by atoms with Crippen LogP contribution >= 0.6 is 11.6 Å². The van der Waals surface area contributed by atoms with Crippen molar-refractivity contribution in [3.05, 3.63) is 59.1 Å². The average Bonchev–Trinajstić information content (AvgIpc) is 2.73. The van der Waals surface area contributed by atoms with Crippen molar-refractivity contribution in [2.24, 2.45) is 0 Å². The fraction of sp³-hybridized carbons (Fsp3) is 0.391. The Morgan fingerprint density at radius 1 is 1.07 bits per heavy atom. The Morgan fingerprint density at radius 2 is 1.76 bits per heavy atom. The van der Waals surface area contributed by atoms with Gasteiger partial charge in [-0.15, -0.1) is 0 Å². The van der Waals surface area contributed by atoms with Gasteiger partial charge in [-0.25, -0.2) is 0 Å². The zero-order valence-electron chi connectivity index (χ0n) is 17.0. The number of carbonyl (C=O) groups excluding carboxylic acids is 2. The second kappa shape index (κ2) is 9.79. The molecule has 3 rings (SSSR count). The van der Waals surface area contributed by atoms with E-state index in [1.54, 1.807) is 23.1 Å². The Morgan fingerprint density at radius 3 is 2.41 bits per heavy atom. The van der Waals surface area contributed by atoms with Crippen molar-refractivity contribution >= 4 is 34.8 Å². The molecule has 29 heavy (non-hydrogen) atoms. The second-order valence-corrected chi connectivity index (χ2v) is 8.03. The van der Waals surface area contributed by atoms with Crippen LogP contribution in [-0.4, -0.2) is 42.4 Å². The summed E-state index contributed by atoms with van der Waals surface area (Å²) < 4.78 is 0. The van der Waals surface area contributed by atoms with Gasteiger partial charge in [-0.2, -0.15) is 0 Å². The van der Waals surface area contributed by atoms with E-state index >= 15 is 0 Å². The number of para-hydroxylation sites is 1. The molecule has 2 amide bonds. The van der Waals surface area contributed by atoms with Gasteiger partial charge in [0, 0.05) is 35.5 Å².